The van der Waals surface area contributed by atoms with Gasteiger partial charge in [0.25, 0.3) is 0 Å². The molecule has 0 aromatic carbocycles. The number of hydrogen-bond acceptors (Lipinski definition) is 7. The first kappa shape index (κ1) is 16.9. The van der Waals surface area contributed by atoms with Crippen LogP contribution < -0.4 is 9.62 Å². The summed E-state index contributed by atoms with van der Waals surface area (Å²) in [6.45, 7) is 4.22. The number of fused-ring (bicyclic) bond motifs is 2. The van der Waals surface area contributed by atoms with E-state index < -0.39 is 10.0 Å². The number of sulfonamides is 1. The zero-order valence-electron chi connectivity index (χ0n) is 14.8. The van der Waals surface area contributed by atoms with Crippen molar-refractivity contribution in [1.82, 2.24) is 14.7 Å². The standard InChI is InChI=1S/C17H22N4O3S2/c1-10-7-25-15-14(10)18-9-19-16(15)21-6-12-11(5-20-26(2,22)23)13-3-4-17(12,8-21)24-13/h7,9,11-13,20H,3-6,8H2,1-2H3/t11-,12+,13+,17+/m0/s1. The Bertz CT molecular complexity index is 976. The summed E-state index contributed by atoms with van der Waals surface area (Å²) >= 11 is 1.69. The Hall–Kier alpha value is -1.29. The van der Waals surface area contributed by atoms with Crippen molar-refractivity contribution in [3.8, 4) is 0 Å². The first-order valence-corrected chi connectivity index (χ1v) is 11.7. The fourth-order valence-corrected chi connectivity index (χ4v) is 6.57. The van der Waals surface area contributed by atoms with Crippen molar-refractivity contribution in [2.24, 2.45) is 11.8 Å². The Morgan fingerprint density at radius 3 is 3.12 bits per heavy atom. The summed E-state index contributed by atoms with van der Waals surface area (Å²) in [5.74, 6) is 1.55. The Labute approximate surface area is 156 Å². The molecule has 140 valence electrons. The van der Waals surface area contributed by atoms with E-state index in [1.54, 1.807) is 17.7 Å². The number of aromatic nitrogens is 2. The molecule has 0 amide bonds. The van der Waals surface area contributed by atoms with Gasteiger partial charge in [-0.25, -0.2) is 23.1 Å². The van der Waals surface area contributed by atoms with Gasteiger partial charge in [-0.3, -0.25) is 0 Å². The van der Waals surface area contributed by atoms with Crippen LogP contribution in [0.15, 0.2) is 11.7 Å². The smallest absolute Gasteiger partial charge is 0.208 e. The number of rotatable bonds is 4. The molecule has 1 N–H and O–H groups in total. The highest BCUT2D eigenvalue weighted by molar-refractivity contribution is 7.88. The van der Waals surface area contributed by atoms with E-state index in [-0.39, 0.29) is 17.6 Å². The fraction of sp³-hybridized carbons (Fsp3) is 0.647. The molecular weight excluding hydrogens is 372 g/mol. The summed E-state index contributed by atoms with van der Waals surface area (Å²) in [7, 11) is -3.19. The quantitative estimate of drug-likeness (QED) is 0.847. The summed E-state index contributed by atoms with van der Waals surface area (Å²) in [5, 5.41) is 2.12. The van der Waals surface area contributed by atoms with Gasteiger partial charge in [-0.15, -0.1) is 11.3 Å². The molecule has 2 aromatic rings. The lowest BCUT2D eigenvalue weighted by molar-refractivity contribution is 0.0142. The molecular formula is C17H22N4O3S2. The number of thiophene rings is 1. The Morgan fingerprint density at radius 2 is 2.31 bits per heavy atom. The predicted molar refractivity (Wildman–Crippen MR) is 101 cm³/mol. The van der Waals surface area contributed by atoms with E-state index in [1.807, 2.05) is 0 Å². The average molecular weight is 395 g/mol. The normalized spacial score (nSPS) is 33.3. The predicted octanol–water partition coefficient (Wildman–Crippen LogP) is 1.53. The number of nitrogens with zero attached hydrogens (tertiary/aromatic N) is 3. The molecule has 0 aliphatic carbocycles. The third-order valence-corrected chi connectivity index (χ3v) is 7.95. The number of aryl methyl sites for hydroxylation is 1. The second-order valence-corrected chi connectivity index (χ2v) is 10.5. The van der Waals surface area contributed by atoms with Crippen LogP contribution in [0, 0.1) is 18.8 Å². The highest BCUT2D eigenvalue weighted by Crippen LogP contribution is 2.55. The Kier molecular flexibility index (Phi) is 3.63. The Balaban J connectivity index is 1.45. The molecule has 9 heteroatoms. The Morgan fingerprint density at radius 1 is 1.46 bits per heavy atom. The summed E-state index contributed by atoms with van der Waals surface area (Å²) in [6, 6.07) is 0. The molecule has 3 aliphatic rings. The van der Waals surface area contributed by atoms with Gasteiger partial charge in [0, 0.05) is 31.5 Å². The van der Waals surface area contributed by atoms with Crippen molar-refractivity contribution in [2.45, 2.75) is 31.5 Å². The molecule has 3 fully saturated rings. The second-order valence-electron chi connectivity index (χ2n) is 7.82. The summed E-state index contributed by atoms with van der Waals surface area (Å²) in [5.41, 5.74) is 2.05. The lowest BCUT2D eigenvalue weighted by Gasteiger charge is -2.29. The van der Waals surface area contributed by atoms with E-state index in [9.17, 15) is 8.42 Å². The van der Waals surface area contributed by atoms with E-state index in [1.165, 1.54) is 11.8 Å². The van der Waals surface area contributed by atoms with E-state index in [0.717, 1.165) is 42.0 Å². The van der Waals surface area contributed by atoms with E-state index in [0.29, 0.717) is 12.5 Å². The largest absolute Gasteiger partial charge is 0.369 e. The van der Waals surface area contributed by atoms with Gasteiger partial charge in [-0.1, -0.05) is 0 Å². The van der Waals surface area contributed by atoms with Crippen LogP contribution in [0.5, 0.6) is 0 Å². The monoisotopic (exact) mass is 394 g/mol. The van der Waals surface area contributed by atoms with Crippen molar-refractivity contribution in [1.29, 1.82) is 0 Å². The first-order chi connectivity index (χ1) is 12.4. The van der Waals surface area contributed by atoms with Gasteiger partial charge in [0.05, 0.1) is 28.2 Å². The van der Waals surface area contributed by atoms with Crippen molar-refractivity contribution >= 4 is 37.4 Å². The molecule has 3 saturated heterocycles. The van der Waals surface area contributed by atoms with Crippen molar-refractivity contribution in [3.63, 3.8) is 0 Å². The van der Waals surface area contributed by atoms with Crippen molar-refractivity contribution in [2.75, 3.05) is 30.8 Å². The second kappa shape index (κ2) is 5.60. The maximum Gasteiger partial charge on any atom is 0.208 e. The molecule has 0 saturated carbocycles. The van der Waals surface area contributed by atoms with Crippen LogP contribution in [0.4, 0.5) is 5.82 Å². The fourth-order valence-electron chi connectivity index (χ4n) is 5.05. The van der Waals surface area contributed by atoms with Crippen molar-refractivity contribution in [3.05, 3.63) is 17.3 Å². The first-order valence-electron chi connectivity index (χ1n) is 8.92. The molecule has 26 heavy (non-hydrogen) atoms. The van der Waals surface area contributed by atoms with E-state index >= 15 is 0 Å². The molecule has 3 aliphatic heterocycles. The molecule has 5 heterocycles. The average Bonchev–Trinajstić information content (AvgIpc) is 3.31. The zero-order chi connectivity index (χ0) is 18.1. The van der Waals surface area contributed by atoms with Gasteiger partial charge in [0.15, 0.2) is 0 Å². The van der Waals surface area contributed by atoms with Gasteiger partial charge in [0.2, 0.25) is 10.0 Å². The SMILES string of the molecule is Cc1csc2c(N3C[C@@H]4[C@H](CNS(C)(=O)=O)[C@H]5CC[C@]4(C3)O5)ncnc12. The lowest BCUT2D eigenvalue weighted by atomic mass is 9.74. The van der Waals surface area contributed by atoms with E-state index in [4.69, 9.17) is 4.74 Å². The molecule has 4 atom stereocenters. The van der Waals surface area contributed by atoms with Crippen LogP contribution in [0.1, 0.15) is 18.4 Å². The molecule has 0 radical (unpaired) electrons. The highest BCUT2D eigenvalue weighted by atomic mass is 32.2. The van der Waals surface area contributed by atoms with Gasteiger partial charge < -0.3 is 9.64 Å². The molecule has 2 bridgehead atoms. The molecule has 1 spiro atoms. The topological polar surface area (TPSA) is 84.4 Å². The molecule has 5 rings (SSSR count). The van der Waals surface area contributed by atoms with Gasteiger partial charge in [-0.05, 0) is 30.7 Å². The third-order valence-electron chi connectivity index (χ3n) is 6.18. The minimum atomic E-state index is -3.19. The molecule has 2 aromatic heterocycles. The maximum absolute atomic E-state index is 11.5. The van der Waals surface area contributed by atoms with Crippen LogP contribution in [-0.2, 0) is 14.8 Å². The highest BCUT2D eigenvalue weighted by Gasteiger charge is 2.63. The minimum absolute atomic E-state index is 0.155. The van der Waals surface area contributed by atoms with Crippen LogP contribution in [0.25, 0.3) is 10.2 Å². The summed E-state index contributed by atoms with van der Waals surface area (Å²) in [4.78, 5) is 11.3. The maximum atomic E-state index is 11.5. The number of hydrogen-bond donors (Lipinski definition) is 1. The lowest BCUT2D eigenvalue weighted by Crippen LogP contribution is -2.41. The molecule has 7 nitrogen and oxygen atoms in total. The van der Waals surface area contributed by atoms with Gasteiger partial charge in [0.1, 0.15) is 12.1 Å². The van der Waals surface area contributed by atoms with Crippen LogP contribution in [0.2, 0.25) is 0 Å². The number of anilines is 1. The zero-order valence-corrected chi connectivity index (χ0v) is 16.4. The third kappa shape index (κ3) is 2.48. The van der Waals surface area contributed by atoms with Gasteiger partial charge in [-0.2, -0.15) is 0 Å². The van der Waals surface area contributed by atoms with E-state index in [2.05, 4.69) is 31.9 Å². The summed E-state index contributed by atoms with van der Waals surface area (Å²) < 4.78 is 33.3. The van der Waals surface area contributed by atoms with Crippen LogP contribution in [-0.4, -0.2) is 56.0 Å². The van der Waals surface area contributed by atoms with Crippen molar-refractivity contribution < 1.29 is 13.2 Å². The minimum Gasteiger partial charge on any atom is -0.369 e. The van der Waals surface area contributed by atoms with Crippen LogP contribution >= 0.6 is 11.3 Å². The van der Waals surface area contributed by atoms with Gasteiger partial charge >= 0.3 is 0 Å². The molecule has 0 unspecified atom stereocenters. The summed E-state index contributed by atoms with van der Waals surface area (Å²) in [6.07, 6.45) is 5.09. The number of nitrogens with one attached hydrogen (secondary N) is 1. The van der Waals surface area contributed by atoms with Crippen LogP contribution in [0.3, 0.4) is 0 Å². The number of ether oxygens (including phenoxy) is 1.